The molecule has 0 heterocycles. The zero-order chi connectivity index (χ0) is 17.2. The summed E-state index contributed by atoms with van der Waals surface area (Å²) in [6.07, 6.45) is 5.03. The van der Waals surface area contributed by atoms with E-state index in [1.165, 1.54) is 6.42 Å². The van der Waals surface area contributed by atoms with E-state index in [4.69, 9.17) is 4.74 Å². The summed E-state index contributed by atoms with van der Waals surface area (Å²) in [7, 11) is 0. The fraction of sp³-hybridized carbons (Fsp3) is 0.471. The van der Waals surface area contributed by atoms with Gasteiger partial charge < -0.3 is 10.1 Å². The summed E-state index contributed by atoms with van der Waals surface area (Å²) in [6, 6.07) is 8.89. The molecule has 1 aromatic carbocycles. The van der Waals surface area contributed by atoms with E-state index in [1.54, 1.807) is 24.3 Å². The van der Waals surface area contributed by atoms with Gasteiger partial charge in [0.05, 0.1) is 6.54 Å². The van der Waals surface area contributed by atoms with Gasteiger partial charge in [-0.2, -0.15) is 0 Å². The zero-order valence-electron chi connectivity index (χ0n) is 13.5. The molecule has 1 saturated carbocycles. The number of amides is 3. The molecule has 0 aromatic heterocycles. The number of hydrazine groups is 1. The van der Waals surface area contributed by atoms with E-state index in [-0.39, 0.29) is 25.0 Å². The highest BCUT2D eigenvalue weighted by Gasteiger charge is 2.21. The van der Waals surface area contributed by atoms with Gasteiger partial charge in [-0.1, -0.05) is 37.5 Å². The van der Waals surface area contributed by atoms with Gasteiger partial charge in [0.15, 0.2) is 6.61 Å². The Morgan fingerprint density at radius 1 is 0.958 bits per heavy atom. The molecule has 0 aliphatic heterocycles. The smallest absolute Gasteiger partial charge is 0.276 e. The lowest BCUT2D eigenvalue weighted by atomic mass is 9.89. The number of benzene rings is 1. The Morgan fingerprint density at radius 2 is 1.62 bits per heavy atom. The maximum Gasteiger partial charge on any atom is 0.276 e. The van der Waals surface area contributed by atoms with Crippen molar-refractivity contribution in [2.24, 2.45) is 5.92 Å². The van der Waals surface area contributed by atoms with Gasteiger partial charge in [-0.05, 0) is 25.0 Å². The molecule has 1 aromatic rings. The predicted molar refractivity (Wildman–Crippen MR) is 87.8 cm³/mol. The van der Waals surface area contributed by atoms with Crippen LogP contribution in [0.15, 0.2) is 30.3 Å². The molecule has 0 saturated heterocycles. The maximum absolute atomic E-state index is 11.9. The second-order valence-electron chi connectivity index (χ2n) is 5.75. The summed E-state index contributed by atoms with van der Waals surface area (Å²) in [5.74, 6) is -0.485. The first kappa shape index (κ1) is 17.8. The Balaban J connectivity index is 1.58. The van der Waals surface area contributed by atoms with Gasteiger partial charge in [0, 0.05) is 5.92 Å². The minimum atomic E-state index is -0.481. The van der Waals surface area contributed by atoms with Crippen LogP contribution >= 0.6 is 0 Å². The quantitative estimate of drug-likeness (QED) is 0.674. The van der Waals surface area contributed by atoms with Crippen LogP contribution in [0.5, 0.6) is 5.75 Å². The molecule has 2 rings (SSSR count). The molecule has 0 spiro atoms. The van der Waals surface area contributed by atoms with Crippen LogP contribution in [0.25, 0.3) is 0 Å². The monoisotopic (exact) mass is 333 g/mol. The maximum atomic E-state index is 11.9. The first-order chi connectivity index (χ1) is 11.6. The zero-order valence-corrected chi connectivity index (χ0v) is 13.5. The van der Waals surface area contributed by atoms with Crippen molar-refractivity contribution < 1.29 is 19.1 Å². The summed E-state index contributed by atoms with van der Waals surface area (Å²) < 4.78 is 5.24. The summed E-state index contributed by atoms with van der Waals surface area (Å²) in [6.45, 7) is -0.367. The van der Waals surface area contributed by atoms with Gasteiger partial charge in [-0.3, -0.25) is 25.2 Å². The van der Waals surface area contributed by atoms with E-state index in [2.05, 4.69) is 16.2 Å². The van der Waals surface area contributed by atoms with E-state index < -0.39 is 11.8 Å². The number of rotatable bonds is 6. The number of para-hydroxylation sites is 1. The van der Waals surface area contributed by atoms with Crippen molar-refractivity contribution in [2.45, 2.75) is 32.1 Å². The first-order valence-corrected chi connectivity index (χ1v) is 8.18. The van der Waals surface area contributed by atoms with Crippen molar-refractivity contribution in [3.8, 4) is 5.75 Å². The van der Waals surface area contributed by atoms with E-state index in [1.807, 2.05) is 6.07 Å². The number of hydrogen-bond donors (Lipinski definition) is 3. The molecule has 1 fully saturated rings. The third-order valence-electron chi connectivity index (χ3n) is 3.85. The van der Waals surface area contributed by atoms with E-state index in [9.17, 15) is 14.4 Å². The molecular weight excluding hydrogens is 310 g/mol. The van der Waals surface area contributed by atoms with Crippen molar-refractivity contribution in [2.75, 3.05) is 13.2 Å². The van der Waals surface area contributed by atoms with E-state index in [0.29, 0.717) is 5.75 Å². The minimum Gasteiger partial charge on any atom is -0.484 e. The second-order valence-corrected chi connectivity index (χ2v) is 5.75. The molecule has 7 heteroatoms. The topological polar surface area (TPSA) is 96.5 Å². The van der Waals surface area contributed by atoms with Crippen LogP contribution in [0.3, 0.4) is 0 Å². The summed E-state index contributed by atoms with van der Waals surface area (Å²) >= 11 is 0. The normalized spacial score (nSPS) is 14.5. The fourth-order valence-corrected chi connectivity index (χ4v) is 2.56. The molecule has 7 nitrogen and oxygen atoms in total. The molecule has 0 radical (unpaired) electrons. The molecule has 1 aliphatic rings. The molecule has 0 atom stereocenters. The SMILES string of the molecule is O=C(CNC(=O)C1CCCCC1)NNC(=O)COc1ccccc1. The molecule has 0 bridgehead atoms. The summed E-state index contributed by atoms with van der Waals surface area (Å²) in [5.41, 5.74) is 4.48. The van der Waals surface area contributed by atoms with Crippen molar-refractivity contribution in [3.63, 3.8) is 0 Å². The van der Waals surface area contributed by atoms with Crippen LogP contribution < -0.4 is 20.9 Å². The lowest BCUT2D eigenvalue weighted by molar-refractivity contribution is -0.131. The minimum absolute atomic E-state index is 0.000383. The van der Waals surface area contributed by atoms with Gasteiger partial charge in [-0.25, -0.2) is 0 Å². The largest absolute Gasteiger partial charge is 0.484 e. The van der Waals surface area contributed by atoms with E-state index >= 15 is 0 Å². The Hall–Kier alpha value is -2.57. The lowest BCUT2D eigenvalue weighted by Gasteiger charge is -2.20. The van der Waals surface area contributed by atoms with Crippen molar-refractivity contribution in [1.29, 1.82) is 0 Å². The van der Waals surface area contributed by atoms with Crippen LogP contribution in [0.2, 0.25) is 0 Å². The van der Waals surface area contributed by atoms with E-state index in [0.717, 1.165) is 25.7 Å². The Kier molecular flexibility index (Phi) is 7.07. The molecular formula is C17H23N3O4. The number of hydrogen-bond acceptors (Lipinski definition) is 4. The second kappa shape index (κ2) is 9.54. The van der Waals surface area contributed by atoms with Crippen LogP contribution in [0, 0.1) is 5.92 Å². The Morgan fingerprint density at radius 3 is 2.33 bits per heavy atom. The van der Waals surface area contributed by atoms with Crippen molar-refractivity contribution in [3.05, 3.63) is 30.3 Å². The fourth-order valence-electron chi connectivity index (χ4n) is 2.56. The van der Waals surface area contributed by atoms with Gasteiger partial charge in [-0.15, -0.1) is 0 Å². The Bertz CT molecular complexity index is 556. The van der Waals surface area contributed by atoms with Gasteiger partial charge in [0.2, 0.25) is 5.91 Å². The lowest BCUT2D eigenvalue weighted by Crippen LogP contribution is -2.48. The number of nitrogens with one attached hydrogen (secondary N) is 3. The standard InChI is InChI=1S/C17H23N3O4/c21-15(11-18-17(23)13-7-3-1-4-8-13)19-20-16(22)12-24-14-9-5-2-6-10-14/h2,5-6,9-10,13H,1,3-4,7-8,11-12H2,(H,18,23)(H,19,21)(H,20,22). The molecule has 1 aliphatic carbocycles. The number of ether oxygens (including phenoxy) is 1. The molecule has 0 unspecified atom stereocenters. The third kappa shape index (κ3) is 6.28. The van der Waals surface area contributed by atoms with Gasteiger partial charge in [0.25, 0.3) is 11.8 Å². The van der Waals surface area contributed by atoms with Gasteiger partial charge in [0.1, 0.15) is 5.75 Å². The van der Waals surface area contributed by atoms with Crippen LogP contribution in [-0.4, -0.2) is 30.9 Å². The van der Waals surface area contributed by atoms with Gasteiger partial charge >= 0.3 is 0 Å². The molecule has 130 valence electrons. The number of carbonyl (C=O) groups is 3. The van der Waals surface area contributed by atoms with Crippen LogP contribution in [0.1, 0.15) is 32.1 Å². The summed E-state index contributed by atoms with van der Waals surface area (Å²) in [5, 5.41) is 2.60. The average Bonchev–Trinajstić information content (AvgIpc) is 2.64. The van der Waals surface area contributed by atoms with Crippen molar-refractivity contribution >= 4 is 17.7 Å². The van der Waals surface area contributed by atoms with Crippen LogP contribution in [-0.2, 0) is 14.4 Å². The van der Waals surface area contributed by atoms with Crippen molar-refractivity contribution in [1.82, 2.24) is 16.2 Å². The molecule has 3 N–H and O–H groups in total. The number of carbonyl (C=O) groups excluding carboxylic acids is 3. The third-order valence-corrected chi connectivity index (χ3v) is 3.85. The highest BCUT2D eigenvalue weighted by atomic mass is 16.5. The summed E-state index contributed by atoms with van der Waals surface area (Å²) in [4.78, 5) is 35.1. The Labute approximate surface area is 141 Å². The first-order valence-electron chi connectivity index (χ1n) is 8.18. The highest BCUT2D eigenvalue weighted by Crippen LogP contribution is 2.23. The molecule has 3 amide bonds. The predicted octanol–water partition coefficient (Wildman–Crippen LogP) is 0.909. The molecule has 24 heavy (non-hydrogen) atoms. The highest BCUT2D eigenvalue weighted by molar-refractivity contribution is 5.87. The van der Waals surface area contributed by atoms with Crippen LogP contribution in [0.4, 0.5) is 0 Å². The average molecular weight is 333 g/mol.